The van der Waals surface area contributed by atoms with Crippen LogP contribution in [0.3, 0.4) is 0 Å². The van der Waals surface area contributed by atoms with E-state index in [0.717, 1.165) is 15.4 Å². The quantitative estimate of drug-likeness (QED) is 0.225. The second kappa shape index (κ2) is 14.2. The molecule has 0 spiro atoms. The molecular weight excluding hydrogens is 570 g/mol. The number of carbonyl (C=O) groups is 2. The van der Waals surface area contributed by atoms with Gasteiger partial charge in [-0.2, -0.15) is 0 Å². The summed E-state index contributed by atoms with van der Waals surface area (Å²) in [6.45, 7) is 3.31. The van der Waals surface area contributed by atoms with E-state index < -0.39 is 28.5 Å². The zero-order valence-corrected chi connectivity index (χ0v) is 25.1. The number of nitrogens with zero attached hydrogens (tertiary/aromatic N) is 2. The molecule has 2 amide bonds. The maximum atomic E-state index is 14.3. The molecule has 0 fully saturated rings. The summed E-state index contributed by atoms with van der Waals surface area (Å²) in [7, 11) is -4.15. The van der Waals surface area contributed by atoms with Gasteiger partial charge in [-0.05, 0) is 61.4 Å². The minimum absolute atomic E-state index is 0.0424. The third-order valence-electron chi connectivity index (χ3n) is 6.62. The Morgan fingerprint density at radius 1 is 0.762 bits per heavy atom. The molecule has 218 valence electrons. The summed E-state index contributed by atoms with van der Waals surface area (Å²) in [5.74, 6) is -0.838. The van der Waals surface area contributed by atoms with Crippen molar-refractivity contribution in [1.29, 1.82) is 0 Å². The van der Waals surface area contributed by atoms with E-state index in [9.17, 15) is 18.0 Å². The molecule has 7 nitrogen and oxygen atoms in total. The van der Waals surface area contributed by atoms with Gasteiger partial charge < -0.3 is 10.2 Å². The van der Waals surface area contributed by atoms with Crippen molar-refractivity contribution >= 4 is 39.1 Å². The molecule has 0 aliphatic heterocycles. The fraction of sp³-hybridized carbons (Fsp3) is 0.212. The lowest BCUT2D eigenvalue weighted by atomic mass is 10.0. The Morgan fingerprint density at radius 2 is 1.29 bits per heavy atom. The fourth-order valence-corrected chi connectivity index (χ4v) is 6.13. The van der Waals surface area contributed by atoms with Gasteiger partial charge in [0.15, 0.2) is 0 Å². The standard InChI is InChI=1S/C33H34ClN3O4S/c1-25(2)35-33(39)31(22-26-12-6-3-7-13-26)36(23-27-14-8-4-9-15-27)32(38)24-37(29-20-18-28(34)19-21-29)42(40,41)30-16-10-5-11-17-30/h3-21,25,31H,22-24H2,1-2H3,(H,35,39)/t31-/m1/s1. The van der Waals surface area contributed by atoms with Gasteiger partial charge >= 0.3 is 0 Å². The molecule has 0 saturated heterocycles. The number of nitrogens with one attached hydrogen (secondary N) is 1. The molecule has 0 heterocycles. The molecule has 0 bridgehead atoms. The normalized spacial score (nSPS) is 12.0. The van der Waals surface area contributed by atoms with Gasteiger partial charge in [-0.15, -0.1) is 0 Å². The number of benzene rings is 4. The van der Waals surface area contributed by atoms with Gasteiger partial charge in [-0.1, -0.05) is 90.5 Å². The minimum atomic E-state index is -4.15. The van der Waals surface area contributed by atoms with Gasteiger partial charge in [0.05, 0.1) is 10.6 Å². The van der Waals surface area contributed by atoms with Crippen molar-refractivity contribution in [3.05, 3.63) is 131 Å². The average Bonchev–Trinajstić information content (AvgIpc) is 2.99. The zero-order valence-electron chi connectivity index (χ0n) is 23.6. The van der Waals surface area contributed by atoms with Gasteiger partial charge in [0, 0.05) is 24.0 Å². The lowest BCUT2D eigenvalue weighted by Gasteiger charge is -2.34. The average molecular weight is 604 g/mol. The predicted octanol–water partition coefficient (Wildman–Crippen LogP) is 5.70. The van der Waals surface area contributed by atoms with Crippen molar-refractivity contribution in [2.45, 2.75) is 43.8 Å². The lowest BCUT2D eigenvalue weighted by Crippen LogP contribution is -2.54. The number of amides is 2. The maximum absolute atomic E-state index is 14.3. The smallest absolute Gasteiger partial charge is 0.264 e. The van der Waals surface area contributed by atoms with Crippen LogP contribution in [0.4, 0.5) is 5.69 Å². The molecule has 0 radical (unpaired) electrons. The lowest BCUT2D eigenvalue weighted by molar-refractivity contribution is -0.140. The first-order chi connectivity index (χ1) is 20.1. The molecule has 0 aliphatic rings. The van der Waals surface area contributed by atoms with E-state index >= 15 is 0 Å². The number of rotatable bonds is 12. The first-order valence-corrected chi connectivity index (χ1v) is 15.5. The van der Waals surface area contributed by atoms with Crippen molar-refractivity contribution in [3.8, 4) is 0 Å². The molecule has 0 saturated carbocycles. The molecule has 0 aliphatic carbocycles. The van der Waals surface area contributed by atoms with Crippen LogP contribution in [0, 0.1) is 0 Å². The monoisotopic (exact) mass is 603 g/mol. The summed E-state index contributed by atoms with van der Waals surface area (Å²) < 4.78 is 28.9. The summed E-state index contributed by atoms with van der Waals surface area (Å²) in [6, 6.07) is 32.0. The number of anilines is 1. The van der Waals surface area contributed by atoms with E-state index in [0.29, 0.717) is 5.02 Å². The summed E-state index contributed by atoms with van der Waals surface area (Å²) >= 11 is 6.10. The number of sulfonamides is 1. The molecule has 0 aromatic heterocycles. The molecule has 9 heteroatoms. The maximum Gasteiger partial charge on any atom is 0.264 e. The molecule has 4 aromatic rings. The third-order valence-corrected chi connectivity index (χ3v) is 8.66. The Hall–Kier alpha value is -4.14. The molecule has 1 atom stereocenters. The predicted molar refractivity (Wildman–Crippen MR) is 167 cm³/mol. The van der Waals surface area contributed by atoms with E-state index in [4.69, 9.17) is 11.6 Å². The van der Waals surface area contributed by atoms with Gasteiger partial charge in [-0.3, -0.25) is 13.9 Å². The summed E-state index contributed by atoms with van der Waals surface area (Å²) in [6.07, 6.45) is 0.254. The summed E-state index contributed by atoms with van der Waals surface area (Å²) in [5, 5.41) is 3.38. The highest BCUT2D eigenvalue weighted by Crippen LogP contribution is 2.26. The Kier molecular flexibility index (Phi) is 10.4. The number of carbonyl (C=O) groups excluding carboxylic acids is 2. The van der Waals surface area contributed by atoms with E-state index in [2.05, 4.69) is 5.32 Å². The highest BCUT2D eigenvalue weighted by Gasteiger charge is 2.34. The second-order valence-electron chi connectivity index (χ2n) is 10.2. The molecule has 1 N–H and O–H groups in total. The van der Waals surface area contributed by atoms with Crippen LogP contribution < -0.4 is 9.62 Å². The van der Waals surface area contributed by atoms with Crippen molar-refractivity contribution in [2.75, 3.05) is 10.8 Å². The van der Waals surface area contributed by atoms with Crippen LogP contribution in [0.2, 0.25) is 5.02 Å². The zero-order chi connectivity index (χ0) is 30.1. The Morgan fingerprint density at radius 3 is 1.83 bits per heavy atom. The third kappa shape index (κ3) is 7.99. The van der Waals surface area contributed by atoms with Crippen molar-refractivity contribution in [1.82, 2.24) is 10.2 Å². The fourth-order valence-electron chi connectivity index (χ4n) is 4.57. The van der Waals surface area contributed by atoms with Crippen LogP contribution in [0.5, 0.6) is 0 Å². The topological polar surface area (TPSA) is 86.8 Å². The largest absolute Gasteiger partial charge is 0.352 e. The Bertz CT molecular complexity index is 1570. The molecule has 0 unspecified atom stereocenters. The van der Waals surface area contributed by atoms with E-state index in [-0.39, 0.29) is 35.5 Å². The SMILES string of the molecule is CC(C)NC(=O)[C@@H](Cc1ccccc1)N(Cc1ccccc1)C(=O)CN(c1ccc(Cl)cc1)S(=O)(=O)c1ccccc1. The van der Waals surface area contributed by atoms with Gasteiger partial charge in [0.25, 0.3) is 10.0 Å². The molecule has 4 rings (SSSR count). The second-order valence-corrected chi connectivity index (χ2v) is 12.5. The van der Waals surface area contributed by atoms with Crippen molar-refractivity contribution in [3.63, 3.8) is 0 Å². The number of halogens is 1. The van der Waals surface area contributed by atoms with Gasteiger partial charge in [0.1, 0.15) is 12.6 Å². The molecule has 42 heavy (non-hydrogen) atoms. The van der Waals surface area contributed by atoms with Crippen LogP contribution in [0.25, 0.3) is 0 Å². The minimum Gasteiger partial charge on any atom is -0.352 e. The number of hydrogen-bond acceptors (Lipinski definition) is 4. The Balaban J connectivity index is 1.78. The first kappa shape index (κ1) is 30.8. The van der Waals surface area contributed by atoms with Crippen LogP contribution in [0.15, 0.2) is 120 Å². The Labute approximate surface area is 252 Å². The van der Waals surface area contributed by atoms with Crippen LogP contribution in [0.1, 0.15) is 25.0 Å². The van der Waals surface area contributed by atoms with Crippen molar-refractivity contribution in [2.24, 2.45) is 0 Å². The van der Waals surface area contributed by atoms with Gasteiger partial charge in [0.2, 0.25) is 11.8 Å². The summed E-state index contributed by atoms with van der Waals surface area (Å²) in [5.41, 5.74) is 1.96. The van der Waals surface area contributed by atoms with Gasteiger partial charge in [-0.25, -0.2) is 8.42 Å². The first-order valence-electron chi connectivity index (χ1n) is 13.7. The number of hydrogen-bond donors (Lipinski definition) is 1. The molecular formula is C33H34ClN3O4S. The molecule has 4 aromatic carbocycles. The van der Waals surface area contributed by atoms with Crippen LogP contribution >= 0.6 is 11.6 Å². The van der Waals surface area contributed by atoms with E-state index in [1.807, 2.05) is 74.5 Å². The van der Waals surface area contributed by atoms with Crippen LogP contribution in [-0.4, -0.2) is 43.8 Å². The van der Waals surface area contributed by atoms with Crippen LogP contribution in [-0.2, 0) is 32.6 Å². The van der Waals surface area contributed by atoms with E-state index in [1.54, 1.807) is 42.5 Å². The summed E-state index contributed by atoms with van der Waals surface area (Å²) in [4.78, 5) is 29.5. The van der Waals surface area contributed by atoms with E-state index in [1.165, 1.54) is 17.0 Å². The highest BCUT2D eigenvalue weighted by atomic mass is 35.5. The highest BCUT2D eigenvalue weighted by molar-refractivity contribution is 7.92. The van der Waals surface area contributed by atoms with Crippen molar-refractivity contribution < 1.29 is 18.0 Å².